The molecule has 5 nitrogen and oxygen atoms in total. The molecule has 1 aliphatic rings. The number of anilines is 1. The minimum atomic E-state index is -0.175. The molecule has 1 aromatic carbocycles. The quantitative estimate of drug-likeness (QED) is 0.863. The molecule has 0 spiro atoms. The molecule has 3 rings (SSSR count). The molecule has 0 saturated carbocycles. The van der Waals surface area contributed by atoms with Crippen LogP contribution >= 0.6 is 0 Å². The largest absolute Gasteiger partial charge is 0.373 e. The number of nitrogens with zero attached hydrogens (tertiary/aromatic N) is 2. The van der Waals surface area contributed by atoms with Gasteiger partial charge in [-0.3, -0.25) is 9.48 Å². The lowest BCUT2D eigenvalue weighted by atomic mass is 10.1. The smallest absolute Gasteiger partial charge is 0.243 e. The number of rotatable bonds is 3. The van der Waals surface area contributed by atoms with Gasteiger partial charge >= 0.3 is 0 Å². The molecular weight excluding hydrogens is 240 g/mol. The molecule has 1 aromatic heterocycles. The number of aryl methyl sites for hydroxylation is 1. The van der Waals surface area contributed by atoms with Crippen LogP contribution in [0, 0.1) is 0 Å². The first-order valence-corrected chi connectivity index (χ1v) is 6.33. The van der Waals surface area contributed by atoms with Gasteiger partial charge in [0.25, 0.3) is 0 Å². The van der Waals surface area contributed by atoms with Crippen molar-refractivity contribution in [3.8, 4) is 0 Å². The number of hydrogen-bond acceptors (Lipinski definition) is 3. The summed E-state index contributed by atoms with van der Waals surface area (Å²) >= 11 is 0. The lowest BCUT2D eigenvalue weighted by molar-refractivity contribution is -0.121. The van der Waals surface area contributed by atoms with Crippen LogP contribution in [0.1, 0.15) is 11.3 Å². The van der Waals surface area contributed by atoms with E-state index >= 15 is 0 Å². The van der Waals surface area contributed by atoms with Crippen molar-refractivity contribution in [1.82, 2.24) is 15.1 Å². The van der Waals surface area contributed by atoms with Crippen LogP contribution in [0.5, 0.6) is 0 Å². The van der Waals surface area contributed by atoms with Crippen LogP contribution in [0.15, 0.2) is 36.5 Å². The maximum atomic E-state index is 12.1. The van der Waals surface area contributed by atoms with Gasteiger partial charge < -0.3 is 10.6 Å². The predicted molar refractivity (Wildman–Crippen MR) is 72.6 cm³/mol. The monoisotopic (exact) mass is 256 g/mol. The molecule has 2 N–H and O–H groups in total. The van der Waals surface area contributed by atoms with Gasteiger partial charge in [0, 0.05) is 25.4 Å². The van der Waals surface area contributed by atoms with E-state index in [1.54, 1.807) is 10.9 Å². The molecule has 1 unspecified atom stereocenters. The van der Waals surface area contributed by atoms with Gasteiger partial charge in [-0.25, -0.2) is 0 Å². The van der Waals surface area contributed by atoms with E-state index in [4.69, 9.17) is 0 Å². The van der Waals surface area contributed by atoms with Crippen molar-refractivity contribution < 1.29 is 4.79 Å². The molecule has 1 aliphatic heterocycles. The van der Waals surface area contributed by atoms with Crippen LogP contribution in [0.4, 0.5) is 5.69 Å². The van der Waals surface area contributed by atoms with Crippen LogP contribution in [0.25, 0.3) is 0 Å². The molecule has 0 aliphatic carbocycles. The number of carbonyl (C=O) groups excluding carboxylic acids is 1. The van der Waals surface area contributed by atoms with Crippen LogP contribution in [-0.4, -0.2) is 21.7 Å². The van der Waals surface area contributed by atoms with E-state index in [0.717, 1.165) is 17.8 Å². The number of nitrogens with one attached hydrogen (secondary N) is 2. The van der Waals surface area contributed by atoms with Crippen LogP contribution in [-0.2, 0) is 24.8 Å². The van der Waals surface area contributed by atoms with E-state index in [1.165, 1.54) is 5.56 Å². The van der Waals surface area contributed by atoms with Crippen molar-refractivity contribution in [3.05, 3.63) is 47.8 Å². The topological polar surface area (TPSA) is 59.0 Å². The number of para-hydroxylation sites is 1. The van der Waals surface area contributed by atoms with Gasteiger partial charge in [0.1, 0.15) is 6.04 Å². The van der Waals surface area contributed by atoms with Crippen molar-refractivity contribution in [2.75, 3.05) is 5.32 Å². The van der Waals surface area contributed by atoms with Crippen molar-refractivity contribution in [3.63, 3.8) is 0 Å². The lowest BCUT2D eigenvalue weighted by Gasteiger charge is -2.12. The second-order valence-corrected chi connectivity index (χ2v) is 4.72. The predicted octanol–water partition coefficient (Wildman–Crippen LogP) is 1.07. The van der Waals surface area contributed by atoms with Crippen molar-refractivity contribution in [1.29, 1.82) is 0 Å². The van der Waals surface area contributed by atoms with E-state index in [2.05, 4.69) is 21.8 Å². The first-order valence-electron chi connectivity index (χ1n) is 6.33. The molecule has 98 valence electrons. The summed E-state index contributed by atoms with van der Waals surface area (Å²) in [7, 11) is 1.87. The van der Waals surface area contributed by atoms with E-state index in [0.29, 0.717) is 6.54 Å². The Morgan fingerprint density at radius 1 is 1.47 bits per heavy atom. The third-order valence-corrected chi connectivity index (χ3v) is 3.45. The summed E-state index contributed by atoms with van der Waals surface area (Å²) in [6.45, 7) is 0.504. The highest BCUT2D eigenvalue weighted by molar-refractivity contribution is 5.87. The molecule has 1 atom stereocenters. The molecule has 0 saturated heterocycles. The average Bonchev–Trinajstić information content (AvgIpc) is 3.01. The summed E-state index contributed by atoms with van der Waals surface area (Å²) in [5, 5.41) is 10.3. The third kappa shape index (κ3) is 2.31. The molecule has 0 bridgehead atoms. The normalized spacial score (nSPS) is 16.8. The fraction of sp³-hybridized carbons (Fsp3) is 0.286. The van der Waals surface area contributed by atoms with Gasteiger partial charge in [-0.05, 0) is 17.7 Å². The molecule has 2 heterocycles. The second kappa shape index (κ2) is 4.76. The minimum absolute atomic E-state index is 0.0254. The maximum absolute atomic E-state index is 12.1. The number of benzene rings is 1. The Hall–Kier alpha value is -2.30. The number of hydrogen-bond donors (Lipinski definition) is 2. The third-order valence-electron chi connectivity index (χ3n) is 3.45. The highest BCUT2D eigenvalue weighted by atomic mass is 16.2. The first-order chi connectivity index (χ1) is 9.24. The minimum Gasteiger partial charge on any atom is -0.373 e. The Bertz CT molecular complexity index is 580. The zero-order valence-electron chi connectivity index (χ0n) is 10.8. The van der Waals surface area contributed by atoms with Gasteiger partial charge in [-0.15, -0.1) is 0 Å². The summed E-state index contributed by atoms with van der Waals surface area (Å²) in [5.74, 6) is 0.0254. The van der Waals surface area contributed by atoms with Gasteiger partial charge in [-0.2, -0.15) is 5.10 Å². The summed E-state index contributed by atoms with van der Waals surface area (Å²) in [4.78, 5) is 12.1. The Kier molecular flexibility index (Phi) is 2.95. The Labute approximate surface area is 111 Å². The standard InChI is InChI=1S/C14H16N4O/c1-18-11(6-7-16-18)9-15-14(19)13-8-10-4-2-3-5-12(10)17-13/h2-7,13,17H,8-9H2,1H3,(H,15,19). The number of fused-ring (bicyclic) bond motifs is 1. The summed E-state index contributed by atoms with van der Waals surface area (Å²) < 4.78 is 1.76. The number of carbonyl (C=O) groups is 1. The van der Waals surface area contributed by atoms with Crippen molar-refractivity contribution >= 4 is 11.6 Å². The van der Waals surface area contributed by atoms with E-state index in [9.17, 15) is 4.79 Å². The zero-order valence-corrected chi connectivity index (χ0v) is 10.8. The second-order valence-electron chi connectivity index (χ2n) is 4.72. The Morgan fingerprint density at radius 3 is 3.05 bits per heavy atom. The summed E-state index contributed by atoms with van der Waals surface area (Å²) in [5.41, 5.74) is 3.25. The number of amides is 1. The molecule has 0 radical (unpaired) electrons. The summed E-state index contributed by atoms with van der Waals surface area (Å²) in [6, 6.07) is 9.75. The van der Waals surface area contributed by atoms with Gasteiger partial charge in [0.2, 0.25) is 5.91 Å². The highest BCUT2D eigenvalue weighted by Gasteiger charge is 2.25. The van der Waals surface area contributed by atoms with E-state index in [1.807, 2.05) is 31.3 Å². The van der Waals surface area contributed by atoms with Crippen molar-refractivity contribution in [2.45, 2.75) is 19.0 Å². The molecule has 5 heteroatoms. The molecule has 2 aromatic rings. The van der Waals surface area contributed by atoms with Crippen LogP contribution < -0.4 is 10.6 Å². The number of aromatic nitrogens is 2. The summed E-state index contributed by atoms with van der Waals surface area (Å²) in [6.07, 6.45) is 2.47. The van der Waals surface area contributed by atoms with Gasteiger partial charge in [-0.1, -0.05) is 18.2 Å². The van der Waals surface area contributed by atoms with Crippen molar-refractivity contribution in [2.24, 2.45) is 7.05 Å². The van der Waals surface area contributed by atoms with E-state index in [-0.39, 0.29) is 11.9 Å². The highest BCUT2D eigenvalue weighted by Crippen LogP contribution is 2.25. The molecule has 0 fully saturated rings. The van der Waals surface area contributed by atoms with Gasteiger partial charge in [0.15, 0.2) is 0 Å². The Morgan fingerprint density at radius 2 is 2.32 bits per heavy atom. The Balaban J connectivity index is 1.60. The van der Waals surface area contributed by atoms with Crippen LogP contribution in [0.2, 0.25) is 0 Å². The maximum Gasteiger partial charge on any atom is 0.243 e. The van der Waals surface area contributed by atoms with Crippen LogP contribution in [0.3, 0.4) is 0 Å². The fourth-order valence-electron chi connectivity index (χ4n) is 2.33. The average molecular weight is 256 g/mol. The lowest BCUT2D eigenvalue weighted by Crippen LogP contribution is -2.38. The zero-order chi connectivity index (χ0) is 13.2. The molecule has 19 heavy (non-hydrogen) atoms. The molecule has 1 amide bonds. The SMILES string of the molecule is Cn1nccc1CNC(=O)C1Cc2ccccc2N1. The first kappa shape index (κ1) is 11.8. The van der Waals surface area contributed by atoms with Gasteiger partial charge in [0.05, 0.1) is 12.2 Å². The molecular formula is C14H16N4O. The van der Waals surface area contributed by atoms with E-state index < -0.39 is 0 Å². The fourth-order valence-corrected chi connectivity index (χ4v) is 2.33.